The molecule has 0 amide bonds. The van der Waals surface area contributed by atoms with Gasteiger partial charge in [-0.3, -0.25) is 4.68 Å². The minimum absolute atomic E-state index is 0.0675. The van der Waals surface area contributed by atoms with E-state index in [1.165, 1.54) is 0 Å². The molecular formula is C15H24N4O. The molecule has 0 aliphatic heterocycles. The van der Waals surface area contributed by atoms with E-state index in [0.29, 0.717) is 6.54 Å². The summed E-state index contributed by atoms with van der Waals surface area (Å²) in [5.74, 6) is 0.797. The molecule has 0 saturated heterocycles. The van der Waals surface area contributed by atoms with E-state index >= 15 is 0 Å². The van der Waals surface area contributed by atoms with Gasteiger partial charge < -0.3 is 9.84 Å². The second-order valence-corrected chi connectivity index (χ2v) is 6.15. The first kappa shape index (κ1) is 14.8. The van der Waals surface area contributed by atoms with E-state index in [1.807, 2.05) is 17.7 Å². The maximum absolute atomic E-state index is 5.49. The second kappa shape index (κ2) is 5.40. The van der Waals surface area contributed by atoms with E-state index in [-0.39, 0.29) is 5.54 Å². The molecule has 0 aliphatic rings. The maximum Gasteiger partial charge on any atom is 0.170 e. The van der Waals surface area contributed by atoms with Gasteiger partial charge in [-0.25, -0.2) is 0 Å². The molecule has 20 heavy (non-hydrogen) atoms. The first-order chi connectivity index (χ1) is 9.31. The lowest BCUT2D eigenvalue weighted by molar-refractivity contribution is 0.392. The smallest absolute Gasteiger partial charge is 0.170 e. The predicted molar refractivity (Wildman–Crippen MR) is 79.5 cm³/mol. The fourth-order valence-corrected chi connectivity index (χ4v) is 2.23. The summed E-state index contributed by atoms with van der Waals surface area (Å²) in [7, 11) is 0. The third kappa shape index (κ3) is 3.10. The highest BCUT2D eigenvalue weighted by Crippen LogP contribution is 2.27. The van der Waals surface area contributed by atoms with Gasteiger partial charge in [0.2, 0.25) is 0 Å². The van der Waals surface area contributed by atoms with Crippen LogP contribution in [0.2, 0.25) is 0 Å². The zero-order valence-electron chi connectivity index (χ0n) is 13.2. The molecule has 0 aliphatic carbocycles. The average Bonchev–Trinajstić information content (AvgIpc) is 2.91. The molecule has 0 radical (unpaired) electrons. The summed E-state index contributed by atoms with van der Waals surface area (Å²) in [6.45, 7) is 14.1. The van der Waals surface area contributed by atoms with Gasteiger partial charge in [-0.1, -0.05) is 5.16 Å². The van der Waals surface area contributed by atoms with Crippen LogP contribution in [0.15, 0.2) is 10.6 Å². The molecule has 5 nitrogen and oxygen atoms in total. The van der Waals surface area contributed by atoms with E-state index in [1.54, 1.807) is 0 Å². The van der Waals surface area contributed by atoms with Crippen LogP contribution in [0.25, 0.3) is 11.3 Å². The van der Waals surface area contributed by atoms with Crippen molar-refractivity contribution in [2.75, 3.05) is 0 Å². The third-order valence-electron chi connectivity index (χ3n) is 3.29. The minimum Gasteiger partial charge on any atom is -0.356 e. The Morgan fingerprint density at radius 3 is 2.55 bits per heavy atom. The molecule has 2 rings (SSSR count). The Kier molecular flexibility index (Phi) is 3.99. The molecule has 0 saturated carbocycles. The van der Waals surface area contributed by atoms with Crippen LogP contribution < -0.4 is 5.32 Å². The summed E-state index contributed by atoms with van der Waals surface area (Å²) >= 11 is 0. The van der Waals surface area contributed by atoms with Crippen molar-refractivity contribution >= 4 is 0 Å². The summed E-state index contributed by atoms with van der Waals surface area (Å²) in [6, 6.07) is 2.00. The summed E-state index contributed by atoms with van der Waals surface area (Å²) in [4.78, 5) is 0. The highest BCUT2D eigenvalue weighted by atomic mass is 16.5. The lowest BCUT2D eigenvalue weighted by atomic mass is 10.1. The monoisotopic (exact) mass is 276 g/mol. The van der Waals surface area contributed by atoms with Crippen LogP contribution in [0.5, 0.6) is 0 Å². The summed E-state index contributed by atoms with van der Waals surface area (Å²) < 4.78 is 7.48. The van der Waals surface area contributed by atoms with Gasteiger partial charge in [0, 0.05) is 30.4 Å². The Morgan fingerprint density at radius 1 is 1.30 bits per heavy atom. The number of aryl methyl sites for hydroxylation is 2. The number of rotatable bonds is 4. The van der Waals surface area contributed by atoms with Crippen molar-refractivity contribution < 1.29 is 4.52 Å². The van der Waals surface area contributed by atoms with Crippen LogP contribution in [0.1, 0.15) is 44.8 Å². The molecule has 0 atom stereocenters. The molecule has 0 unspecified atom stereocenters. The van der Waals surface area contributed by atoms with Gasteiger partial charge in [0.1, 0.15) is 0 Å². The number of hydrogen-bond acceptors (Lipinski definition) is 4. The molecule has 2 heterocycles. The first-order valence-electron chi connectivity index (χ1n) is 7.07. The van der Waals surface area contributed by atoms with Crippen LogP contribution in [0.4, 0.5) is 0 Å². The predicted octanol–water partition coefficient (Wildman–Crippen LogP) is 3.06. The Labute approximate surface area is 120 Å². The molecule has 2 aromatic heterocycles. The number of nitrogens with zero attached hydrogens (tertiary/aromatic N) is 3. The number of aromatic nitrogens is 3. The standard InChI is InChI=1S/C15H24N4O/c1-7-19-11(3)14(10(2)17-19)13-8-12(18-20-13)9-16-15(4,5)6/h8,16H,7,9H2,1-6H3. The van der Waals surface area contributed by atoms with Gasteiger partial charge >= 0.3 is 0 Å². The van der Waals surface area contributed by atoms with Gasteiger partial charge in [0.05, 0.1) is 17.0 Å². The van der Waals surface area contributed by atoms with Crippen LogP contribution in [0, 0.1) is 13.8 Å². The van der Waals surface area contributed by atoms with E-state index in [0.717, 1.165) is 35.0 Å². The SMILES string of the molecule is CCn1nc(C)c(-c2cc(CNC(C)(C)C)no2)c1C. The van der Waals surface area contributed by atoms with E-state index in [4.69, 9.17) is 4.52 Å². The zero-order valence-corrected chi connectivity index (χ0v) is 13.2. The number of hydrogen-bond donors (Lipinski definition) is 1. The molecule has 1 N–H and O–H groups in total. The van der Waals surface area contributed by atoms with Crippen LogP contribution in [0.3, 0.4) is 0 Å². The zero-order chi connectivity index (χ0) is 14.9. The Bertz CT molecular complexity index is 590. The van der Waals surface area contributed by atoms with Crippen molar-refractivity contribution in [2.45, 2.75) is 60.2 Å². The molecule has 0 aromatic carbocycles. The summed E-state index contributed by atoms with van der Waals surface area (Å²) in [5, 5.41) is 12.1. The molecule has 0 bridgehead atoms. The Morgan fingerprint density at radius 2 is 2.00 bits per heavy atom. The normalized spacial score (nSPS) is 12.1. The first-order valence-corrected chi connectivity index (χ1v) is 7.07. The van der Waals surface area contributed by atoms with E-state index in [9.17, 15) is 0 Å². The van der Waals surface area contributed by atoms with Crippen LogP contribution >= 0.6 is 0 Å². The molecule has 5 heteroatoms. The highest BCUT2D eigenvalue weighted by Gasteiger charge is 2.18. The molecule has 2 aromatic rings. The summed E-state index contributed by atoms with van der Waals surface area (Å²) in [6.07, 6.45) is 0. The topological polar surface area (TPSA) is 55.9 Å². The van der Waals surface area contributed by atoms with Gasteiger partial charge in [0.15, 0.2) is 5.76 Å². The Balaban J connectivity index is 2.23. The third-order valence-corrected chi connectivity index (χ3v) is 3.29. The van der Waals surface area contributed by atoms with Crippen molar-refractivity contribution in [1.82, 2.24) is 20.3 Å². The van der Waals surface area contributed by atoms with E-state index < -0.39 is 0 Å². The maximum atomic E-state index is 5.49. The van der Waals surface area contributed by atoms with Crippen molar-refractivity contribution in [3.63, 3.8) is 0 Å². The molecule has 0 spiro atoms. The molecule has 0 fully saturated rings. The van der Waals surface area contributed by atoms with Gasteiger partial charge in [-0.15, -0.1) is 0 Å². The molecular weight excluding hydrogens is 252 g/mol. The quantitative estimate of drug-likeness (QED) is 0.932. The van der Waals surface area contributed by atoms with Crippen molar-refractivity contribution in [3.8, 4) is 11.3 Å². The van der Waals surface area contributed by atoms with Gasteiger partial charge in [-0.2, -0.15) is 5.10 Å². The summed E-state index contributed by atoms with van der Waals surface area (Å²) in [5.41, 5.74) is 4.14. The van der Waals surface area contributed by atoms with Gasteiger partial charge in [-0.05, 0) is 41.5 Å². The number of nitrogens with one attached hydrogen (secondary N) is 1. The van der Waals surface area contributed by atoms with Crippen molar-refractivity contribution in [2.24, 2.45) is 0 Å². The Hall–Kier alpha value is -1.62. The van der Waals surface area contributed by atoms with Crippen molar-refractivity contribution in [1.29, 1.82) is 0 Å². The van der Waals surface area contributed by atoms with Gasteiger partial charge in [0.25, 0.3) is 0 Å². The minimum atomic E-state index is 0.0675. The highest BCUT2D eigenvalue weighted by molar-refractivity contribution is 5.63. The van der Waals surface area contributed by atoms with Crippen LogP contribution in [-0.4, -0.2) is 20.5 Å². The van der Waals surface area contributed by atoms with Crippen LogP contribution in [-0.2, 0) is 13.1 Å². The fraction of sp³-hybridized carbons (Fsp3) is 0.600. The fourth-order valence-electron chi connectivity index (χ4n) is 2.23. The average molecular weight is 276 g/mol. The molecule has 110 valence electrons. The largest absolute Gasteiger partial charge is 0.356 e. The van der Waals surface area contributed by atoms with Crippen molar-refractivity contribution in [3.05, 3.63) is 23.1 Å². The second-order valence-electron chi connectivity index (χ2n) is 6.15. The lowest BCUT2D eigenvalue weighted by Gasteiger charge is -2.19. The van der Waals surface area contributed by atoms with E-state index in [2.05, 4.69) is 50.2 Å². The lowest BCUT2D eigenvalue weighted by Crippen LogP contribution is -2.35.